The lowest BCUT2D eigenvalue weighted by Gasteiger charge is -2.28. The standard InChI is InChI=1S/C59H114NO8P/c1-6-8-10-12-14-15-16-17-18-19-20-21-22-23-24-25-26-27-28-29-30-31-32-33-34-35-36-37-38-39-40-41-42-43-44-45-46-48-50-52-59(62)68-57(55-65-58(61)51-49-47-13-11-9-7-2)56-67-69(63,64)66-54-53-60(3,4)5/h16-17,19-20,57H,6-15,18,21-56H2,1-5H3/b17-16-,20-19-. The fourth-order valence-electron chi connectivity index (χ4n) is 8.63. The molecule has 0 spiro atoms. The highest BCUT2D eigenvalue weighted by Gasteiger charge is 2.22. The minimum atomic E-state index is -4.62. The van der Waals surface area contributed by atoms with Crippen molar-refractivity contribution >= 4 is 19.8 Å². The van der Waals surface area contributed by atoms with E-state index in [0.29, 0.717) is 17.4 Å². The molecule has 9 nitrogen and oxygen atoms in total. The van der Waals surface area contributed by atoms with Gasteiger partial charge in [-0.15, -0.1) is 0 Å². The first-order valence-corrected chi connectivity index (χ1v) is 31.0. The molecule has 0 N–H and O–H groups in total. The molecule has 0 aliphatic rings. The number of carbonyl (C=O) groups is 2. The number of rotatable bonds is 55. The number of phosphoric ester groups is 1. The second-order valence-corrected chi connectivity index (χ2v) is 22.8. The maximum Gasteiger partial charge on any atom is 0.306 e. The summed E-state index contributed by atoms with van der Waals surface area (Å²) < 4.78 is 33.9. The number of quaternary nitrogens is 1. The van der Waals surface area contributed by atoms with Gasteiger partial charge in [0.15, 0.2) is 6.10 Å². The Balaban J connectivity index is 3.72. The summed E-state index contributed by atoms with van der Waals surface area (Å²) >= 11 is 0. The van der Waals surface area contributed by atoms with Gasteiger partial charge in [0.05, 0.1) is 27.7 Å². The highest BCUT2D eigenvalue weighted by Crippen LogP contribution is 2.38. The summed E-state index contributed by atoms with van der Waals surface area (Å²) in [4.78, 5) is 37.4. The Hall–Kier alpha value is -1.51. The van der Waals surface area contributed by atoms with Gasteiger partial charge in [-0.25, -0.2) is 0 Å². The van der Waals surface area contributed by atoms with Gasteiger partial charge in [-0.3, -0.25) is 14.2 Å². The van der Waals surface area contributed by atoms with Crippen LogP contribution >= 0.6 is 7.82 Å². The van der Waals surface area contributed by atoms with Crippen molar-refractivity contribution in [1.29, 1.82) is 0 Å². The number of phosphoric acid groups is 1. The minimum Gasteiger partial charge on any atom is -0.756 e. The Morgan fingerprint density at radius 1 is 0.449 bits per heavy atom. The van der Waals surface area contributed by atoms with Crippen molar-refractivity contribution in [2.45, 2.75) is 296 Å². The molecule has 0 aromatic rings. The van der Waals surface area contributed by atoms with Gasteiger partial charge in [-0.2, -0.15) is 0 Å². The molecule has 0 heterocycles. The average Bonchev–Trinajstić information content (AvgIpc) is 3.31. The third kappa shape index (κ3) is 55.7. The second kappa shape index (κ2) is 51.4. The van der Waals surface area contributed by atoms with Crippen LogP contribution in [0.2, 0.25) is 0 Å². The molecule has 0 radical (unpaired) electrons. The third-order valence-electron chi connectivity index (χ3n) is 13.2. The molecule has 0 bridgehead atoms. The Labute approximate surface area is 428 Å². The molecule has 0 rings (SSSR count). The third-order valence-corrected chi connectivity index (χ3v) is 14.2. The van der Waals surface area contributed by atoms with Crippen LogP contribution in [0.25, 0.3) is 0 Å². The largest absolute Gasteiger partial charge is 0.756 e. The van der Waals surface area contributed by atoms with Gasteiger partial charge in [0.1, 0.15) is 19.8 Å². The number of hydrogen-bond acceptors (Lipinski definition) is 8. The van der Waals surface area contributed by atoms with Gasteiger partial charge in [-0.1, -0.05) is 256 Å². The van der Waals surface area contributed by atoms with Crippen molar-refractivity contribution in [2.75, 3.05) is 47.5 Å². The molecule has 0 aromatic carbocycles. The fourth-order valence-corrected chi connectivity index (χ4v) is 9.36. The van der Waals surface area contributed by atoms with Crippen molar-refractivity contribution in [3.8, 4) is 0 Å². The molecule has 408 valence electrons. The maximum atomic E-state index is 12.7. The molecule has 10 heteroatoms. The first kappa shape index (κ1) is 67.5. The van der Waals surface area contributed by atoms with Crippen LogP contribution in [0.4, 0.5) is 0 Å². The maximum absolute atomic E-state index is 12.7. The number of unbranched alkanes of at least 4 members (excludes halogenated alkanes) is 37. The Morgan fingerprint density at radius 2 is 0.783 bits per heavy atom. The van der Waals surface area contributed by atoms with Crippen molar-refractivity contribution in [3.63, 3.8) is 0 Å². The molecule has 0 saturated carbocycles. The van der Waals surface area contributed by atoms with Gasteiger partial charge in [0, 0.05) is 12.8 Å². The molecule has 0 fully saturated rings. The number of esters is 2. The molecule has 0 saturated heterocycles. The number of allylic oxidation sites excluding steroid dienone is 4. The van der Waals surface area contributed by atoms with Crippen LogP contribution in [-0.2, 0) is 32.7 Å². The molecule has 2 unspecified atom stereocenters. The van der Waals surface area contributed by atoms with E-state index in [9.17, 15) is 19.0 Å². The summed E-state index contributed by atoms with van der Waals surface area (Å²) in [7, 11) is 1.18. The van der Waals surface area contributed by atoms with Crippen molar-refractivity contribution in [1.82, 2.24) is 0 Å². The van der Waals surface area contributed by atoms with Crippen LogP contribution in [0, 0.1) is 0 Å². The van der Waals surface area contributed by atoms with Gasteiger partial charge < -0.3 is 27.9 Å². The zero-order valence-corrected chi connectivity index (χ0v) is 47.2. The predicted molar refractivity (Wildman–Crippen MR) is 291 cm³/mol. The summed E-state index contributed by atoms with van der Waals surface area (Å²) in [6.45, 7) is 4.18. The van der Waals surface area contributed by atoms with E-state index in [1.165, 1.54) is 212 Å². The Kier molecular flexibility index (Phi) is 50.3. The van der Waals surface area contributed by atoms with Gasteiger partial charge in [0.2, 0.25) is 0 Å². The molecule has 0 amide bonds. The minimum absolute atomic E-state index is 0.0273. The van der Waals surface area contributed by atoms with E-state index < -0.39 is 26.5 Å². The quantitative estimate of drug-likeness (QED) is 0.0195. The zero-order chi connectivity index (χ0) is 50.6. The number of likely N-dealkylation sites (N-methyl/N-ethyl adjacent to an activating group) is 1. The summed E-state index contributed by atoms with van der Waals surface area (Å²) in [6, 6.07) is 0. The summed E-state index contributed by atoms with van der Waals surface area (Å²) in [5.74, 6) is -0.830. The molecule has 69 heavy (non-hydrogen) atoms. The molecule has 0 aliphatic heterocycles. The topological polar surface area (TPSA) is 111 Å². The summed E-state index contributed by atoms with van der Waals surface area (Å²) in [5, 5.41) is 0. The summed E-state index contributed by atoms with van der Waals surface area (Å²) in [6.07, 6.45) is 61.7. The molecule has 0 aromatic heterocycles. The van der Waals surface area contributed by atoms with E-state index in [2.05, 4.69) is 38.2 Å². The molecule has 0 aliphatic carbocycles. The van der Waals surface area contributed by atoms with E-state index in [-0.39, 0.29) is 32.0 Å². The van der Waals surface area contributed by atoms with Crippen LogP contribution < -0.4 is 4.89 Å². The average molecular weight is 997 g/mol. The first-order valence-electron chi connectivity index (χ1n) is 29.5. The van der Waals surface area contributed by atoms with Gasteiger partial charge in [-0.05, 0) is 44.9 Å². The second-order valence-electron chi connectivity index (χ2n) is 21.4. The van der Waals surface area contributed by atoms with Crippen LogP contribution in [0.5, 0.6) is 0 Å². The predicted octanol–water partition coefficient (Wildman–Crippen LogP) is 17.6. The molecular formula is C59H114NO8P. The van der Waals surface area contributed by atoms with Crippen molar-refractivity contribution in [3.05, 3.63) is 24.3 Å². The number of carbonyl (C=O) groups excluding carboxylic acids is 2. The van der Waals surface area contributed by atoms with E-state index in [4.69, 9.17) is 18.5 Å². The highest BCUT2D eigenvalue weighted by atomic mass is 31.2. The van der Waals surface area contributed by atoms with E-state index in [1.54, 1.807) is 0 Å². The molecule has 2 atom stereocenters. The van der Waals surface area contributed by atoms with Crippen molar-refractivity contribution in [2.24, 2.45) is 0 Å². The fraction of sp³-hybridized carbons (Fsp3) is 0.898. The number of nitrogens with zero attached hydrogens (tertiary/aromatic N) is 1. The highest BCUT2D eigenvalue weighted by molar-refractivity contribution is 7.45. The Morgan fingerprint density at radius 3 is 1.14 bits per heavy atom. The monoisotopic (exact) mass is 996 g/mol. The van der Waals surface area contributed by atoms with Gasteiger partial charge >= 0.3 is 11.9 Å². The van der Waals surface area contributed by atoms with Crippen LogP contribution in [0.3, 0.4) is 0 Å². The van der Waals surface area contributed by atoms with Gasteiger partial charge in [0.25, 0.3) is 7.82 Å². The number of ether oxygens (including phenoxy) is 2. The SMILES string of the molecule is CCCCCCC/C=C\C/C=C\CCCCCCCCCCCCCCCCCCCCCCCCCCCCCC(=O)OC(COC(=O)CCCCCCCC)COP(=O)([O-])OCC[N+](C)(C)C. The van der Waals surface area contributed by atoms with Crippen LogP contribution in [0.15, 0.2) is 24.3 Å². The zero-order valence-electron chi connectivity index (χ0n) is 46.3. The lowest BCUT2D eigenvalue weighted by molar-refractivity contribution is -0.870. The lowest BCUT2D eigenvalue weighted by Crippen LogP contribution is -2.37. The number of hydrogen-bond donors (Lipinski definition) is 0. The smallest absolute Gasteiger partial charge is 0.306 e. The lowest BCUT2D eigenvalue weighted by atomic mass is 10.0. The van der Waals surface area contributed by atoms with E-state index in [0.717, 1.165) is 44.9 Å². The molecular weight excluding hydrogens is 882 g/mol. The van der Waals surface area contributed by atoms with Crippen molar-refractivity contribution < 1.29 is 42.1 Å². The van der Waals surface area contributed by atoms with E-state index >= 15 is 0 Å². The van der Waals surface area contributed by atoms with Crippen LogP contribution in [0.1, 0.15) is 290 Å². The normalized spacial score (nSPS) is 13.4. The summed E-state index contributed by atoms with van der Waals surface area (Å²) in [5.41, 5.74) is 0. The first-order chi connectivity index (χ1) is 33.5. The van der Waals surface area contributed by atoms with Crippen LogP contribution in [-0.4, -0.2) is 70.0 Å². The Bertz CT molecular complexity index is 1220. The van der Waals surface area contributed by atoms with E-state index in [1.807, 2.05) is 21.1 Å².